The van der Waals surface area contributed by atoms with E-state index >= 15 is 0 Å². The SMILES string of the molecule is CC[C@H](NC(=S)Nc1cc(C)ccc1C)c1ccccc1C. The first-order chi connectivity index (χ1) is 10.5. The number of nitrogens with one attached hydrogen (secondary N) is 2. The molecule has 116 valence electrons. The Bertz CT molecular complexity index is 664. The van der Waals surface area contributed by atoms with E-state index in [9.17, 15) is 0 Å². The molecule has 2 rings (SSSR count). The van der Waals surface area contributed by atoms with Crippen molar-refractivity contribution in [2.45, 2.75) is 40.2 Å². The van der Waals surface area contributed by atoms with E-state index in [1.165, 1.54) is 22.3 Å². The smallest absolute Gasteiger partial charge is 0.171 e. The fourth-order valence-corrected chi connectivity index (χ4v) is 2.82. The van der Waals surface area contributed by atoms with Gasteiger partial charge in [-0.3, -0.25) is 0 Å². The Morgan fingerprint density at radius 3 is 2.45 bits per heavy atom. The molecule has 0 aliphatic rings. The second-order valence-corrected chi connectivity index (χ2v) is 6.14. The van der Waals surface area contributed by atoms with Gasteiger partial charge in [-0.05, 0) is 67.7 Å². The van der Waals surface area contributed by atoms with Crippen molar-refractivity contribution in [3.05, 3.63) is 64.7 Å². The van der Waals surface area contributed by atoms with Crippen LogP contribution in [0.25, 0.3) is 0 Å². The second-order valence-electron chi connectivity index (χ2n) is 5.73. The van der Waals surface area contributed by atoms with Crippen LogP contribution in [0, 0.1) is 20.8 Å². The Kier molecular flexibility index (Phi) is 5.56. The van der Waals surface area contributed by atoms with Crippen molar-refractivity contribution >= 4 is 23.0 Å². The highest BCUT2D eigenvalue weighted by atomic mass is 32.1. The third-order valence-electron chi connectivity index (χ3n) is 3.92. The minimum absolute atomic E-state index is 0.228. The van der Waals surface area contributed by atoms with Crippen molar-refractivity contribution in [3.8, 4) is 0 Å². The van der Waals surface area contributed by atoms with Gasteiger partial charge in [0.25, 0.3) is 0 Å². The minimum atomic E-state index is 0.228. The van der Waals surface area contributed by atoms with Crippen molar-refractivity contribution in [1.82, 2.24) is 5.32 Å². The van der Waals surface area contributed by atoms with Gasteiger partial charge in [0.2, 0.25) is 0 Å². The summed E-state index contributed by atoms with van der Waals surface area (Å²) in [5.74, 6) is 0. The van der Waals surface area contributed by atoms with Crippen LogP contribution in [0.3, 0.4) is 0 Å². The first-order valence-electron chi connectivity index (χ1n) is 7.71. The van der Waals surface area contributed by atoms with E-state index < -0.39 is 0 Å². The lowest BCUT2D eigenvalue weighted by atomic mass is 9.99. The predicted octanol–water partition coefficient (Wildman–Crippen LogP) is 5.05. The fourth-order valence-electron chi connectivity index (χ4n) is 2.56. The van der Waals surface area contributed by atoms with E-state index in [4.69, 9.17) is 12.2 Å². The molecule has 0 saturated carbocycles. The highest BCUT2D eigenvalue weighted by molar-refractivity contribution is 7.80. The third kappa shape index (κ3) is 4.08. The average Bonchev–Trinajstić information content (AvgIpc) is 2.49. The number of thiocarbonyl (C=S) groups is 1. The van der Waals surface area contributed by atoms with Crippen LogP contribution in [0.2, 0.25) is 0 Å². The van der Waals surface area contributed by atoms with Crippen LogP contribution in [0.15, 0.2) is 42.5 Å². The second kappa shape index (κ2) is 7.41. The van der Waals surface area contributed by atoms with Gasteiger partial charge in [-0.15, -0.1) is 0 Å². The lowest BCUT2D eigenvalue weighted by Gasteiger charge is -2.22. The Morgan fingerprint density at radius 2 is 1.77 bits per heavy atom. The average molecular weight is 312 g/mol. The molecule has 0 spiro atoms. The van der Waals surface area contributed by atoms with Crippen LogP contribution in [0.4, 0.5) is 5.69 Å². The van der Waals surface area contributed by atoms with E-state index in [1.807, 2.05) is 0 Å². The molecule has 0 bridgehead atoms. The van der Waals surface area contributed by atoms with E-state index in [0.29, 0.717) is 5.11 Å². The van der Waals surface area contributed by atoms with Crippen LogP contribution in [-0.4, -0.2) is 5.11 Å². The number of hydrogen-bond acceptors (Lipinski definition) is 1. The Hall–Kier alpha value is -1.87. The van der Waals surface area contributed by atoms with Gasteiger partial charge in [0.05, 0.1) is 6.04 Å². The van der Waals surface area contributed by atoms with E-state index in [-0.39, 0.29) is 6.04 Å². The molecule has 0 heterocycles. The number of rotatable bonds is 4. The molecular weight excluding hydrogens is 288 g/mol. The lowest BCUT2D eigenvalue weighted by molar-refractivity contribution is 0.625. The van der Waals surface area contributed by atoms with Crippen molar-refractivity contribution in [1.29, 1.82) is 0 Å². The maximum absolute atomic E-state index is 5.50. The molecule has 0 aliphatic heterocycles. The summed E-state index contributed by atoms with van der Waals surface area (Å²) in [6, 6.07) is 15.0. The van der Waals surface area contributed by atoms with Gasteiger partial charge >= 0.3 is 0 Å². The maximum atomic E-state index is 5.50. The van der Waals surface area contributed by atoms with Gasteiger partial charge in [0, 0.05) is 5.69 Å². The zero-order chi connectivity index (χ0) is 16.1. The van der Waals surface area contributed by atoms with Crippen LogP contribution < -0.4 is 10.6 Å². The number of aryl methyl sites for hydroxylation is 3. The lowest BCUT2D eigenvalue weighted by Crippen LogP contribution is -2.32. The molecule has 22 heavy (non-hydrogen) atoms. The van der Waals surface area contributed by atoms with Crippen LogP contribution >= 0.6 is 12.2 Å². The molecule has 0 aliphatic carbocycles. The summed E-state index contributed by atoms with van der Waals surface area (Å²) in [6.45, 7) is 8.48. The topological polar surface area (TPSA) is 24.1 Å². The van der Waals surface area contributed by atoms with Gasteiger partial charge in [-0.1, -0.05) is 43.3 Å². The molecule has 0 saturated heterocycles. The summed E-state index contributed by atoms with van der Waals surface area (Å²) in [4.78, 5) is 0. The van der Waals surface area contributed by atoms with Crippen LogP contribution in [0.1, 0.15) is 41.6 Å². The summed E-state index contributed by atoms with van der Waals surface area (Å²) in [6.07, 6.45) is 0.986. The molecule has 2 aromatic carbocycles. The molecule has 0 fully saturated rings. The third-order valence-corrected chi connectivity index (χ3v) is 4.14. The van der Waals surface area contributed by atoms with E-state index in [1.54, 1.807) is 0 Å². The van der Waals surface area contributed by atoms with Gasteiger partial charge in [0.15, 0.2) is 5.11 Å². The molecule has 0 aromatic heterocycles. The molecule has 0 unspecified atom stereocenters. The highest BCUT2D eigenvalue weighted by Crippen LogP contribution is 2.21. The Labute approximate surface area is 139 Å². The first-order valence-corrected chi connectivity index (χ1v) is 8.12. The zero-order valence-electron chi connectivity index (χ0n) is 13.7. The van der Waals surface area contributed by atoms with Gasteiger partial charge in [0.1, 0.15) is 0 Å². The van der Waals surface area contributed by atoms with Crippen molar-refractivity contribution < 1.29 is 0 Å². The maximum Gasteiger partial charge on any atom is 0.171 e. The minimum Gasteiger partial charge on any atom is -0.356 e. The highest BCUT2D eigenvalue weighted by Gasteiger charge is 2.13. The first kappa shape index (κ1) is 16.5. The summed E-state index contributed by atoms with van der Waals surface area (Å²) in [5.41, 5.74) is 6.07. The predicted molar refractivity (Wildman–Crippen MR) is 99.5 cm³/mol. The molecule has 0 amide bonds. The summed E-state index contributed by atoms with van der Waals surface area (Å²) in [7, 11) is 0. The largest absolute Gasteiger partial charge is 0.356 e. The van der Waals surface area contributed by atoms with Gasteiger partial charge < -0.3 is 10.6 Å². The normalized spacial score (nSPS) is 11.8. The number of hydrogen-bond donors (Lipinski definition) is 2. The summed E-state index contributed by atoms with van der Waals surface area (Å²) >= 11 is 5.50. The van der Waals surface area contributed by atoms with Gasteiger partial charge in [-0.25, -0.2) is 0 Å². The molecule has 3 heteroatoms. The Balaban J connectivity index is 2.10. The monoisotopic (exact) mass is 312 g/mol. The number of anilines is 1. The standard InChI is InChI=1S/C19H24N2S/c1-5-17(16-9-7-6-8-14(16)3)20-19(22)21-18-12-13(2)10-11-15(18)4/h6-12,17H,5H2,1-4H3,(H2,20,21,22)/t17-/m0/s1. The molecule has 2 aromatic rings. The van der Waals surface area contributed by atoms with Gasteiger partial charge in [-0.2, -0.15) is 0 Å². The van der Waals surface area contributed by atoms with Crippen LogP contribution in [-0.2, 0) is 0 Å². The van der Waals surface area contributed by atoms with Crippen LogP contribution in [0.5, 0.6) is 0 Å². The quantitative estimate of drug-likeness (QED) is 0.773. The molecule has 1 atom stereocenters. The van der Waals surface area contributed by atoms with Crippen molar-refractivity contribution in [3.63, 3.8) is 0 Å². The summed E-state index contributed by atoms with van der Waals surface area (Å²) in [5, 5.41) is 7.43. The molecule has 0 radical (unpaired) electrons. The zero-order valence-corrected chi connectivity index (χ0v) is 14.6. The summed E-state index contributed by atoms with van der Waals surface area (Å²) < 4.78 is 0. The van der Waals surface area contributed by atoms with E-state index in [0.717, 1.165) is 12.1 Å². The van der Waals surface area contributed by atoms with Crippen molar-refractivity contribution in [2.75, 3.05) is 5.32 Å². The molecule has 2 N–H and O–H groups in total. The molecule has 2 nitrogen and oxygen atoms in total. The number of benzene rings is 2. The van der Waals surface area contributed by atoms with E-state index in [2.05, 4.69) is 80.8 Å². The molecular formula is C19H24N2S. The fraction of sp³-hybridized carbons (Fsp3) is 0.316. The Morgan fingerprint density at radius 1 is 1.05 bits per heavy atom. The van der Waals surface area contributed by atoms with Crippen molar-refractivity contribution in [2.24, 2.45) is 0 Å².